The predicted molar refractivity (Wildman–Crippen MR) is 109 cm³/mol. The molecule has 9 atom stereocenters. The summed E-state index contributed by atoms with van der Waals surface area (Å²) in [4.78, 5) is 25.2. The van der Waals surface area contributed by atoms with E-state index in [9.17, 15) is 19.8 Å². The summed E-state index contributed by atoms with van der Waals surface area (Å²) in [5.41, 5.74) is -2.19. The fraction of sp³-hybridized carbons (Fsp3) is 0.833. The zero-order valence-corrected chi connectivity index (χ0v) is 18.7. The Morgan fingerprint density at radius 1 is 1.26 bits per heavy atom. The van der Waals surface area contributed by atoms with Gasteiger partial charge < -0.3 is 19.7 Å². The third-order valence-electron chi connectivity index (χ3n) is 9.42. The molecule has 7 heteroatoms. The fourth-order valence-electron chi connectivity index (χ4n) is 8.41. The lowest BCUT2D eigenvalue weighted by Gasteiger charge is -2.61. The smallest absolute Gasteiger partial charge is 0.193 e. The summed E-state index contributed by atoms with van der Waals surface area (Å²) < 4.78 is 27.9. The summed E-state index contributed by atoms with van der Waals surface area (Å²) in [6, 6.07) is 0. The number of rotatable bonds is 2. The van der Waals surface area contributed by atoms with Gasteiger partial charge in [-0.3, -0.25) is 9.59 Å². The van der Waals surface area contributed by atoms with Crippen LogP contribution in [-0.4, -0.2) is 58.2 Å². The highest BCUT2D eigenvalue weighted by atomic mass is 19.1. The molecule has 5 aliphatic rings. The van der Waals surface area contributed by atoms with Gasteiger partial charge in [0, 0.05) is 11.8 Å². The number of alkyl halides is 1. The Hall–Kier alpha value is -1.15. The number of halogens is 1. The number of aliphatic hydroxyl groups is 2. The van der Waals surface area contributed by atoms with E-state index >= 15 is 4.39 Å². The van der Waals surface area contributed by atoms with E-state index in [4.69, 9.17) is 9.47 Å². The summed E-state index contributed by atoms with van der Waals surface area (Å²) in [6.07, 6.45) is 0.872. The lowest BCUT2D eigenvalue weighted by atomic mass is 9.45. The Morgan fingerprint density at radius 3 is 2.65 bits per heavy atom. The highest BCUT2D eigenvalue weighted by molar-refractivity contribution is 5.92. The number of hydrogen-bond donors (Lipinski definition) is 2. The van der Waals surface area contributed by atoms with Gasteiger partial charge in [0.25, 0.3) is 0 Å². The van der Waals surface area contributed by atoms with E-state index in [2.05, 4.69) is 0 Å². The molecule has 0 aromatic rings. The zero-order chi connectivity index (χ0) is 22.6. The molecule has 2 N–H and O–H groups in total. The van der Waals surface area contributed by atoms with Crippen molar-refractivity contribution in [2.45, 2.75) is 89.6 Å². The number of ether oxygens (including phenoxy) is 2. The SMILES string of the molecule is CC1(C)O[C@H]2C[C@H]3[C@@H]4C[C@H](F)C5=CC(=O)CC[C@]5(C)[C@H]4[C@@H](O)C[C@]3(C)[C@]2(C(=O)CO)O1. The van der Waals surface area contributed by atoms with E-state index < -0.39 is 53.0 Å². The Kier molecular flexibility index (Phi) is 4.52. The Balaban J connectivity index is 1.61. The van der Waals surface area contributed by atoms with Gasteiger partial charge in [-0.15, -0.1) is 0 Å². The van der Waals surface area contributed by atoms with Crippen molar-refractivity contribution in [1.29, 1.82) is 0 Å². The van der Waals surface area contributed by atoms with Gasteiger partial charge in [0.05, 0.1) is 12.2 Å². The van der Waals surface area contributed by atoms with Crippen molar-refractivity contribution >= 4 is 11.6 Å². The van der Waals surface area contributed by atoms with Gasteiger partial charge in [-0.1, -0.05) is 13.8 Å². The summed E-state index contributed by atoms with van der Waals surface area (Å²) in [6.45, 7) is 6.78. The average Bonchev–Trinajstić information content (AvgIpc) is 3.08. The lowest BCUT2D eigenvalue weighted by Crippen LogP contribution is -2.64. The molecule has 0 bridgehead atoms. The summed E-state index contributed by atoms with van der Waals surface area (Å²) in [5, 5.41) is 21.3. The third kappa shape index (κ3) is 2.58. The van der Waals surface area contributed by atoms with Gasteiger partial charge >= 0.3 is 0 Å². The minimum atomic E-state index is -1.35. The van der Waals surface area contributed by atoms with E-state index in [0.29, 0.717) is 31.3 Å². The minimum Gasteiger partial charge on any atom is -0.393 e. The average molecular weight is 437 g/mol. The first kappa shape index (κ1) is 21.7. The molecular weight excluding hydrogens is 403 g/mol. The van der Waals surface area contributed by atoms with Crippen LogP contribution >= 0.6 is 0 Å². The second kappa shape index (κ2) is 6.46. The summed E-state index contributed by atoms with van der Waals surface area (Å²) in [7, 11) is 0. The quantitative estimate of drug-likeness (QED) is 0.691. The minimum absolute atomic E-state index is 0.0457. The second-order valence-electron chi connectivity index (χ2n) is 11.3. The van der Waals surface area contributed by atoms with Crippen LogP contribution < -0.4 is 0 Å². The van der Waals surface area contributed by atoms with Gasteiger partial charge in [0.1, 0.15) is 12.8 Å². The predicted octanol–water partition coefficient (Wildman–Crippen LogP) is 2.50. The topological polar surface area (TPSA) is 93.1 Å². The number of Topliss-reactive ketones (excluding diaryl/α,β-unsaturated/α-hetero) is 1. The van der Waals surface area contributed by atoms with E-state index in [1.165, 1.54) is 6.08 Å². The van der Waals surface area contributed by atoms with Crippen molar-refractivity contribution in [3.63, 3.8) is 0 Å². The molecule has 0 aromatic heterocycles. The third-order valence-corrected chi connectivity index (χ3v) is 9.42. The fourth-order valence-corrected chi connectivity index (χ4v) is 8.41. The maximum atomic E-state index is 15.5. The normalized spacial score (nSPS) is 52.6. The lowest BCUT2D eigenvalue weighted by molar-refractivity contribution is -0.228. The van der Waals surface area contributed by atoms with Crippen molar-refractivity contribution < 1.29 is 33.7 Å². The molecule has 5 rings (SSSR count). The van der Waals surface area contributed by atoms with Crippen LogP contribution in [0.4, 0.5) is 4.39 Å². The molecule has 1 saturated heterocycles. The van der Waals surface area contributed by atoms with Gasteiger partial charge in [-0.05, 0) is 74.3 Å². The van der Waals surface area contributed by atoms with Crippen LogP contribution in [0.1, 0.15) is 59.8 Å². The molecule has 0 amide bonds. The van der Waals surface area contributed by atoms with Crippen molar-refractivity contribution in [2.75, 3.05) is 6.61 Å². The zero-order valence-electron chi connectivity index (χ0n) is 18.7. The molecule has 0 aromatic carbocycles. The van der Waals surface area contributed by atoms with E-state index in [1.54, 1.807) is 13.8 Å². The van der Waals surface area contributed by atoms with E-state index in [0.717, 1.165) is 0 Å². The van der Waals surface area contributed by atoms with Crippen LogP contribution in [0.2, 0.25) is 0 Å². The molecule has 172 valence electrons. The number of ketones is 2. The first-order valence-corrected chi connectivity index (χ1v) is 11.5. The van der Waals surface area contributed by atoms with Crippen LogP contribution in [-0.2, 0) is 19.1 Å². The standard InChI is InChI=1S/C24H33FO6/c1-21(2)30-19-9-14-13-8-16(25)15-7-12(27)5-6-22(15,3)20(13)17(28)10-23(14,4)24(19,31-21)18(29)11-26/h7,13-14,16-17,19-20,26,28H,5-6,8-11H2,1-4H3/t13-,14-,16-,17-,19-,20+,22-,23-,24+/m0/s1. The molecule has 4 fully saturated rings. The van der Waals surface area contributed by atoms with Crippen LogP contribution in [0.15, 0.2) is 11.6 Å². The Morgan fingerprint density at radius 2 is 1.97 bits per heavy atom. The molecule has 3 saturated carbocycles. The van der Waals surface area contributed by atoms with Gasteiger partial charge in [-0.2, -0.15) is 0 Å². The summed E-state index contributed by atoms with van der Waals surface area (Å²) in [5.74, 6) is -1.90. The second-order valence-corrected chi connectivity index (χ2v) is 11.3. The molecular formula is C24H33FO6. The van der Waals surface area contributed by atoms with Crippen LogP contribution in [0.25, 0.3) is 0 Å². The number of aliphatic hydroxyl groups excluding tert-OH is 2. The number of carbonyl (C=O) groups excluding carboxylic acids is 2. The van der Waals surface area contributed by atoms with Crippen molar-refractivity contribution in [3.8, 4) is 0 Å². The maximum Gasteiger partial charge on any atom is 0.193 e. The number of carbonyl (C=O) groups is 2. The molecule has 0 spiro atoms. The molecule has 4 aliphatic carbocycles. The van der Waals surface area contributed by atoms with E-state index in [1.807, 2.05) is 13.8 Å². The van der Waals surface area contributed by atoms with Crippen LogP contribution in [0, 0.1) is 28.6 Å². The van der Waals surface area contributed by atoms with Gasteiger partial charge in [-0.25, -0.2) is 4.39 Å². The Labute approximate surface area is 182 Å². The van der Waals surface area contributed by atoms with Crippen molar-refractivity contribution in [2.24, 2.45) is 28.6 Å². The summed E-state index contributed by atoms with van der Waals surface area (Å²) >= 11 is 0. The maximum absolute atomic E-state index is 15.5. The van der Waals surface area contributed by atoms with Gasteiger partial charge in [0.2, 0.25) is 0 Å². The molecule has 31 heavy (non-hydrogen) atoms. The number of fused-ring (bicyclic) bond motifs is 7. The van der Waals surface area contributed by atoms with Crippen molar-refractivity contribution in [1.82, 2.24) is 0 Å². The van der Waals surface area contributed by atoms with Crippen molar-refractivity contribution in [3.05, 3.63) is 11.6 Å². The Bertz CT molecular complexity index is 868. The monoisotopic (exact) mass is 436 g/mol. The molecule has 1 aliphatic heterocycles. The molecule has 0 unspecified atom stereocenters. The molecule has 1 heterocycles. The van der Waals surface area contributed by atoms with Gasteiger partial charge in [0.15, 0.2) is 23.0 Å². The molecule has 0 radical (unpaired) electrons. The highest BCUT2D eigenvalue weighted by Crippen LogP contribution is 2.70. The highest BCUT2D eigenvalue weighted by Gasteiger charge is 2.77. The molecule has 6 nitrogen and oxygen atoms in total. The largest absolute Gasteiger partial charge is 0.393 e. The first-order valence-electron chi connectivity index (χ1n) is 11.5. The van der Waals surface area contributed by atoms with Crippen LogP contribution in [0.5, 0.6) is 0 Å². The number of allylic oxidation sites excluding steroid dienone is 1. The first-order chi connectivity index (χ1) is 14.4. The van der Waals surface area contributed by atoms with Crippen LogP contribution in [0.3, 0.4) is 0 Å². The van der Waals surface area contributed by atoms with E-state index in [-0.39, 0.29) is 30.0 Å². The number of hydrogen-bond acceptors (Lipinski definition) is 6.